The zero-order valence-electron chi connectivity index (χ0n) is 9.98. The van der Waals surface area contributed by atoms with Gasteiger partial charge in [-0.3, -0.25) is 4.79 Å². The number of carbonyl (C=O) groups is 1. The molecule has 0 aromatic carbocycles. The predicted octanol–water partition coefficient (Wildman–Crippen LogP) is 1.41. The molecular weight excluding hydrogens is 202 g/mol. The van der Waals surface area contributed by atoms with Crippen molar-refractivity contribution in [3.8, 4) is 0 Å². The minimum atomic E-state index is -0.643. The first-order chi connectivity index (χ1) is 7.58. The van der Waals surface area contributed by atoms with Crippen molar-refractivity contribution in [2.75, 3.05) is 13.1 Å². The molecule has 3 fully saturated rings. The smallest absolute Gasteiger partial charge is 0.226 e. The molecule has 3 unspecified atom stereocenters. The van der Waals surface area contributed by atoms with Gasteiger partial charge in [0.15, 0.2) is 0 Å². The van der Waals surface area contributed by atoms with Crippen molar-refractivity contribution in [2.24, 2.45) is 17.8 Å². The number of nitrogens with zero attached hydrogens (tertiary/aromatic N) is 1. The van der Waals surface area contributed by atoms with Crippen molar-refractivity contribution in [3.05, 3.63) is 0 Å². The van der Waals surface area contributed by atoms with Gasteiger partial charge in [0.2, 0.25) is 5.91 Å². The summed E-state index contributed by atoms with van der Waals surface area (Å²) in [7, 11) is 0. The van der Waals surface area contributed by atoms with E-state index in [0.29, 0.717) is 30.2 Å². The van der Waals surface area contributed by atoms with E-state index < -0.39 is 5.60 Å². The molecular formula is C13H21NO2. The standard InChI is InChI=1S/C13H21NO2/c1-13(16)6-7-14(8-13)12(15)11-9-4-2-3-5-10(9)11/h9-11,16H,2-8H2,1H3. The van der Waals surface area contributed by atoms with Gasteiger partial charge < -0.3 is 10.0 Å². The molecule has 0 radical (unpaired) electrons. The number of fused-ring (bicyclic) bond motifs is 1. The third-order valence-electron chi connectivity index (χ3n) is 4.71. The lowest BCUT2D eigenvalue weighted by atomic mass is 10.0. The summed E-state index contributed by atoms with van der Waals surface area (Å²) in [4.78, 5) is 14.2. The summed E-state index contributed by atoms with van der Waals surface area (Å²) in [5.41, 5.74) is -0.643. The quantitative estimate of drug-likeness (QED) is 0.730. The number of aliphatic hydroxyl groups is 1. The number of likely N-dealkylation sites (tertiary alicyclic amines) is 1. The van der Waals surface area contributed by atoms with Gasteiger partial charge in [0.05, 0.1) is 5.60 Å². The Morgan fingerprint density at radius 3 is 2.44 bits per heavy atom. The Balaban J connectivity index is 1.62. The maximum Gasteiger partial charge on any atom is 0.226 e. The van der Waals surface area contributed by atoms with Crippen LogP contribution in [0.5, 0.6) is 0 Å². The number of β-amino-alcohol motifs (C(OH)–C–C–N with tert-alkyl or cyclic N) is 1. The van der Waals surface area contributed by atoms with Crippen LogP contribution in [0.2, 0.25) is 0 Å². The highest BCUT2D eigenvalue weighted by Gasteiger charge is 2.56. The molecule has 0 spiro atoms. The van der Waals surface area contributed by atoms with Crippen molar-refractivity contribution in [1.82, 2.24) is 4.90 Å². The van der Waals surface area contributed by atoms with Gasteiger partial charge in [-0.1, -0.05) is 12.8 Å². The fourth-order valence-electron chi connectivity index (χ4n) is 3.70. The summed E-state index contributed by atoms with van der Waals surface area (Å²) in [5, 5.41) is 9.88. The SMILES string of the molecule is CC1(O)CCN(C(=O)C2C3CCCCC32)C1. The largest absolute Gasteiger partial charge is 0.388 e. The normalized spacial score (nSPS) is 46.6. The van der Waals surface area contributed by atoms with Crippen LogP contribution in [-0.2, 0) is 4.79 Å². The first-order valence-corrected chi connectivity index (χ1v) is 6.60. The van der Waals surface area contributed by atoms with Gasteiger partial charge in [0.25, 0.3) is 0 Å². The van der Waals surface area contributed by atoms with Gasteiger partial charge in [-0.25, -0.2) is 0 Å². The Kier molecular flexibility index (Phi) is 2.29. The third kappa shape index (κ3) is 1.65. The van der Waals surface area contributed by atoms with Crippen LogP contribution < -0.4 is 0 Å². The second-order valence-corrected chi connectivity index (χ2v) is 6.14. The van der Waals surface area contributed by atoms with Crippen molar-refractivity contribution >= 4 is 5.91 Å². The fourth-order valence-corrected chi connectivity index (χ4v) is 3.70. The molecule has 90 valence electrons. The molecule has 1 N–H and O–H groups in total. The number of rotatable bonds is 1. The topological polar surface area (TPSA) is 40.5 Å². The van der Waals surface area contributed by atoms with Gasteiger partial charge >= 0.3 is 0 Å². The fraction of sp³-hybridized carbons (Fsp3) is 0.923. The molecule has 1 aliphatic heterocycles. The van der Waals surface area contributed by atoms with E-state index in [-0.39, 0.29) is 0 Å². The van der Waals surface area contributed by atoms with Crippen molar-refractivity contribution in [3.63, 3.8) is 0 Å². The maximum absolute atomic E-state index is 12.3. The zero-order chi connectivity index (χ0) is 11.3. The number of hydrogen-bond donors (Lipinski definition) is 1. The Hall–Kier alpha value is -0.570. The van der Waals surface area contributed by atoms with Crippen molar-refractivity contribution in [1.29, 1.82) is 0 Å². The Labute approximate surface area is 96.8 Å². The number of hydrogen-bond acceptors (Lipinski definition) is 2. The first-order valence-electron chi connectivity index (χ1n) is 6.60. The molecule has 1 saturated heterocycles. The van der Waals surface area contributed by atoms with E-state index in [1.807, 2.05) is 11.8 Å². The molecule has 0 aromatic rings. The van der Waals surface area contributed by atoms with Gasteiger partial charge in [0, 0.05) is 19.0 Å². The minimum absolute atomic E-state index is 0.316. The lowest BCUT2D eigenvalue weighted by Crippen LogP contribution is -2.35. The summed E-state index contributed by atoms with van der Waals surface area (Å²) in [6.07, 6.45) is 5.86. The second-order valence-electron chi connectivity index (χ2n) is 6.14. The lowest BCUT2D eigenvalue weighted by Gasteiger charge is -2.19. The van der Waals surface area contributed by atoms with E-state index in [4.69, 9.17) is 0 Å². The highest BCUT2D eigenvalue weighted by Crippen LogP contribution is 2.56. The Morgan fingerprint density at radius 2 is 1.94 bits per heavy atom. The van der Waals surface area contributed by atoms with Crippen LogP contribution in [0, 0.1) is 17.8 Å². The third-order valence-corrected chi connectivity index (χ3v) is 4.71. The molecule has 3 nitrogen and oxygen atoms in total. The summed E-state index contributed by atoms with van der Waals surface area (Å²) < 4.78 is 0. The zero-order valence-corrected chi connectivity index (χ0v) is 9.98. The van der Waals surface area contributed by atoms with Crippen LogP contribution in [0.3, 0.4) is 0 Å². The van der Waals surface area contributed by atoms with Crippen LogP contribution in [0.15, 0.2) is 0 Å². The lowest BCUT2D eigenvalue weighted by molar-refractivity contribution is -0.133. The molecule has 0 aromatic heterocycles. The van der Waals surface area contributed by atoms with Gasteiger partial charge in [-0.15, -0.1) is 0 Å². The Morgan fingerprint density at radius 1 is 1.31 bits per heavy atom. The Bertz CT molecular complexity index is 297. The van der Waals surface area contributed by atoms with E-state index in [2.05, 4.69) is 0 Å². The average Bonchev–Trinajstić information content (AvgIpc) is 2.87. The summed E-state index contributed by atoms with van der Waals surface area (Å²) in [5.74, 6) is 2.02. The summed E-state index contributed by atoms with van der Waals surface area (Å²) in [6.45, 7) is 3.13. The molecule has 2 aliphatic carbocycles. The average molecular weight is 223 g/mol. The van der Waals surface area contributed by atoms with Gasteiger partial charge in [-0.05, 0) is 38.0 Å². The van der Waals surface area contributed by atoms with Crippen LogP contribution >= 0.6 is 0 Å². The van der Waals surface area contributed by atoms with Crippen LogP contribution in [0.1, 0.15) is 39.0 Å². The van der Waals surface area contributed by atoms with Crippen molar-refractivity contribution < 1.29 is 9.90 Å². The van der Waals surface area contributed by atoms with Crippen LogP contribution in [0.25, 0.3) is 0 Å². The molecule has 0 bridgehead atoms. The monoisotopic (exact) mass is 223 g/mol. The van der Waals surface area contributed by atoms with Crippen LogP contribution in [0.4, 0.5) is 0 Å². The highest BCUT2D eigenvalue weighted by molar-refractivity contribution is 5.82. The van der Waals surface area contributed by atoms with E-state index >= 15 is 0 Å². The van der Waals surface area contributed by atoms with Gasteiger partial charge in [-0.2, -0.15) is 0 Å². The van der Waals surface area contributed by atoms with E-state index in [1.54, 1.807) is 0 Å². The van der Waals surface area contributed by atoms with E-state index in [1.165, 1.54) is 25.7 Å². The molecule has 3 atom stereocenters. The summed E-state index contributed by atoms with van der Waals surface area (Å²) in [6, 6.07) is 0. The molecule has 1 amide bonds. The number of amides is 1. The molecule has 3 rings (SSSR count). The van der Waals surface area contributed by atoms with Crippen LogP contribution in [-0.4, -0.2) is 34.6 Å². The maximum atomic E-state index is 12.3. The highest BCUT2D eigenvalue weighted by atomic mass is 16.3. The second kappa shape index (κ2) is 3.46. The summed E-state index contributed by atoms with van der Waals surface area (Å²) >= 11 is 0. The molecule has 2 saturated carbocycles. The molecule has 3 aliphatic rings. The molecule has 16 heavy (non-hydrogen) atoms. The van der Waals surface area contributed by atoms with Gasteiger partial charge in [0.1, 0.15) is 0 Å². The predicted molar refractivity (Wildman–Crippen MR) is 60.8 cm³/mol. The number of carbonyl (C=O) groups excluding carboxylic acids is 1. The molecule has 1 heterocycles. The van der Waals surface area contributed by atoms with Crippen molar-refractivity contribution in [2.45, 2.75) is 44.6 Å². The minimum Gasteiger partial charge on any atom is -0.388 e. The first kappa shape index (κ1) is 10.6. The van der Waals surface area contributed by atoms with E-state index in [9.17, 15) is 9.90 Å². The van der Waals surface area contributed by atoms with E-state index in [0.717, 1.165) is 13.0 Å². The molecule has 3 heteroatoms.